The van der Waals surface area contributed by atoms with E-state index in [1.54, 1.807) is 39.9 Å². The van der Waals surface area contributed by atoms with Crippen molar-refractivity contribution < 1.29 is 46.0 Å². The Morgan fingerprint density at radius 1 is 1.05 bits per heavy atom. The molecular formula is C43H48F3N8O8P. The second-order valence-corrected chi connectivity index (χ2v) is 15.9. The van der Waals surface area contributed by atoms with Gasteiger partial charge >= 0.3 is 12.1 Å². The number of hydrogen-bond acceptors (Lipinski definition) is 12. The van der Waals surface area contributed by atoms with E-state index in [9.17, 15) is 22.8 Å². The van der Waals surface area contributed by atoms with Gasteiger partial charge in [-0.25, -0.2) is 9.67 Å². The highest BCUT2D eigenvalue weighted by molar-refractivity contribution is 7.46. The smallest absolute Gasteiger partial charge is 0.471 e. The van der Waals surface area contributed by atoms with Gasteiger partial charge in [0.15, 0.2) is 20.3 Å². The molecule has 2 aromatic heterocycles. The SMILES string of the molecule is COc1ccc(C(OC[C@H]2O[C@@H](n3nc(CCCNC(=O)C(F)(F)F)c4c(=O)[nH]c(N=CN(C)C)nc43)C[C@H]2OP(C)OCCC#N)(c2ccccc2)c2ccc(OC)cc2)cc1. The van der Waals surface area contributed by atoms with Crippen LogP contribution in [-0.4, -0.2) is 110 Å². The summed E-state index contributed by atoms with van der Waals surface area (Å²) in [6.45, 7) is 1.56. The fourth-order valence-corrected chi connectivity index (χ4v) is 8.11. The van der Waals surface area contributed by atoms with E-state index < -0.39 is 50.1 Å². The molecule has 0 spiro atoms. The van der Waals surface area contributed by atoms with Crippen LogP contribution in [0.4, 0.5) is 19.1 Å². The number of aromatic amines is 1. The molecule has 1 fully saturated rings. The van der Waals surface area contributed by atoms with Crippen LogP contribution in [0.15, 0.2) is 88.6 Å². The van der Waals surface area contributed by atoms with E-state index in [2.05, 4.69) is 21.0 Å². The van der Waals surface area contributed by atoms with Crippen molar-refractivity contribution in [3.8, 4) is 17.6 Å². The molecule has 0 bridgehead atoms. The first-order valence-electron chi connectivity index (χ1n) is 19.9. The van der Waals surface area contributed by atoms with Crippen molar-refractivity contribution in [2.24, 2.45) is 4.99 Å². The monoisotopic (exact) mass is 892 g/mol. The van der Waals surface area contributed by atoms with Crippen LogP contribution in [-0.2, 0) is 35.3 Å². The lowest BCUT2D eigenvalue weighted by molar-refractivity contribution is -0.173. The molecular weight excluding hydrogens is 844 g/mol. The molecule has 0 aliphatic carbocycles. The number of H-pyrrole nitrogens is 1. The second-order valence-electron chi connectivity index (χ2n) is 14.5. The molecule has 2 N–H and O–H groups in total. The summed E-state index contributed by atoms with van der Waals surface area (Å²) in [5, 5.41) is 15.8. The van der Waals surface area contributed by atoms with Gasteiger partial charge in [0, 0.05) is 33.7 Å². The summed E-state index contributed by atoms with van der Waals surface area (Å²) in [5.74, 6) is -0.786. The number of nitriles is 1. The summed E-state index contributed by atoms with van der Waals surface area (Å²) in [6.07, 6.45) is -5.57. The van der Waals surface area contributed by atoms with E-state index in [1.807, 2.05) is 84.2 Å². The zero-order valence-electron chi connectivity index (χ0n) is 35.3. The van der Waals surface area contributed by atoms with Crippen molar-refractivity contribution in [2.45, 2.75) is 55.9 Å². The van der Waals surface area contributed by atoms with Gasteiger partial charge in [-0.05, 0) is 53.8 Å². The molecule has 20 heteroatoms. The van der Waals surface area contributed by atoms with Gasteiger partial charge in [0.25, 0.3) is 5.56 Å². The number of amides is 1. The lowest BCUT2D eigenvalue weighted by atomic mass is 9.80. The maximum absolute atomic E-state index is 13.7. The standard InChI is InChI=1S/C43H48F3N8O8P/c1-53(2)27-49-41-50-38-37(39(55)51-41)33(13-9-23-48-40(56)43(44,45)46)52-54(38)36-25-34(62-63(5)60-24-10-22-47)35(61-36)26-59-42(28-11-7-6-8-12-28,29-14-18-31(57-3)19-15-29)30-16-20-32(58-4)21-17-30/h6-8,11-12,14-21,27,34-36H,9-10,13,23-26H2,1-5H3,(H,48,56)(H,50,51,55)/t34-,35-,36-,63?/m1/s1. The molecule has 4 atom stereocenters. The number of alkyl halides is 3. The molecule has 1 unspecified atom stereocenters. The van der Waals surface area contributed by atoms with Crippen LogP contribution in [0.2, 0.25) is 0 Å². The highest BCUT2D eigenvalue weighted by Crippen LogP contribution is 2.46. The van der Waals surface area contributed by atoms with Crippen LogP contribution in [0.3, 0.4) is 0 Å². The number of halogens is 3. The number of ether oxygens (including phenoxy) is 4. The van der Waals surface area contributed by atoms with Crippen LogP contribution in [0.25, 0.3) is 11.0 Å². The number of carbonyl (C=O) groups is 1. The maximum atomic E-state index is 13.7. The summed E-state index contributed by atoms with van der Waals surface area (Å²) in [5.41, 5.74) is 0.931. The van der Waals surface area contributed by atoms with Gasteiger partial charge in [0.05, 0.1) is 58.1 Å². The number of aryl methyl sites for hydroxylation is 1. The third-order valence-corrected chi connectivity index (χ3v) is 11.1. The van der Waals surface area contributed by atoms with Crippen LogP contribution < -0.4 is 20.3 Å². The first-order chi connectivity index (χ1) is 30.3. The quantitative estimate of drug-likeness (QED) is 0.0284. The van der Waals surface area contributed by atoms with Gasteiger partial charge in [0.1, 0.15) is 28.6 Å². The lowest BCUT2D eigenvalue weighted by Crippen LogP contribution is -2.38. The van der Waals surface area contributed by atoms with Gasteiger partial charge in [0.2, 0.25) is 5.95 Å². The fourth-order valence-electron chi connectivity index (χ4n) is 7.10. The Balaban J connectivity index is 1.41. The van der Waals surface area contributed by atoms with E-state index in [0.717, 1.165) is 16.7 Å². The summed E-state index contributed by atoms with van der Waals surface area (Å²) in [4.78, 5) is 38.4. The van der Waals surface area contributed by atoms with Crippen LogP contribution >= 0.6 is 8.38 Å². The molecule has 6 rings (SSSR count). The van der Waals surface area contributed by atoms with Crippen LogP contribution in [0, 0.1) is 11.3 Å². The number of hydrogen-bond donors (Lipinski definition) is 2. The molecule has 0 radical (unpaired) electrons. The summed E-state index contributed by atoms with van der Waals surface area (Å²) >= 11 is 0. The minimum atomic E-state index is -5.04. The maximum Gasteiger partial charge on any atom is 0.471 e. The van der Waals surface area contributed by atoms with Gasteiger partial charge < -0.3 is 38.2 Å². The number of fused-ring (bicyclic) bond motifs is 1. The van der Waals surface area contributed by atoms with Crippen molar-refractivity contribution in [3.63, 3.8) is 0 Å². The Morgan fingerprint density at radius 3 is 2.27 bits per heavy atom. The molecule has 1 aliphatic heterocycles. The number of methoxy groups -OCH3 is 2. The molecule has 3 aromatic carbocycles. The normalized spacial score (nSPS) is 17.2. The highest BCUT2D eigenvalue weighted by Gasteiger charge is 2.44. The molecule has 1 aliphatic rings. The number of nitrogens with one attached hydrogen (secondary N) is 2. The number of aromatic nitrogens is 4. The van der Waals surface area contributed by atoms with E-state index in [1.165, 1.54) is 11.0 Å². The van der Waals surface area contributed by atoms with Gasteiger partial charge in [-0.3, -0.25) is 14.6 Å². The summed E-state index contributed by atoms with van der Waals surface area (Å²) < 4.78 is 77.5. The average Bonchev–Trinajstić information content (AvgIpc) is 3.85. The van der Waals surface area contributed by atoms with Crippen LogP contribution in [0.1, 0.15) is 47.9 Å². The molecule has 3 heterocycles. The second kappa shape index (κ2) is 21.0. The Bertz CT molecular complexity index is 2380. The van der Waals surface area contributed by atoms with Crippen LogP contribution in [0.5, 0.6) is 11.5 Å². The van der Waals surface area contributed by atoms with Crippen molar-refractivity contribution in [3.05, 3.63) is 112 Å². The predicted molar refractivity (Wildman–Crippen MR) is 228 cm³/mol. The van der Waals surface area contributed by atoms with E-state index >= 15 is 0 Å². The Morgan fingerprint density at radius 2 is 1.68 bits per heavy atom. The molecule has 0 saturated carbocycles. The third kappa shape index (κ3) is 11.2. The zero-order chi connectivity index (χ0) is 45.1. The number of carbonyl (C=O) groups excluding carboxylic acids is 1. The number of benzene rings is 3. The number of rotatable bonds is 20. The zero-order valence-corrected chi connectivity index (χ0v) is 36.2. The molecule has 16 nitrogen and oxygen atoms in total. The largest absolute Gasteiger partial charge is 0.497 e. The van der Waals surface area contributed by atoms with Crippen molar-refractivity contribution in [2.75, 3.05) is 54.7 Å². The topological polar surface area (TPSA) is 187 Å². The fraction of sp³-hybridized carbons (Fsp3) is 0.395. The molecule has 5 aromatic rings. The van der Waals surface area contributed by atoms with Gasteiger partial charge in [-0.1, -0.05) is 54.6 Å². The van der Waals surface area contributed by atoms with Crippen molar-refractivity contribution >= 4 is 37.6 Å². The van der Waals surface area contributed by atoms with E-state index in [4.69, 9.17) is 38.4 Å². The van der Waals surface area contributed by atoms with E-state index in [0.29, 0.717) is 11.5 Å². The first-order valence-corrected chi connectivity index (χ1v) is 21.5. The predicted octanol–water partition coefficient (Wildman–Crippen LogP) is 6.52. The van der Waals surface area contributed by atoms with E-state index in [-0.39, 0.29) is 68.1 Å². The lowest BCUT2D eigenvalue weighted by Gasteiger charge is -2.37. The van der Waals surface area contributed by atoms with Gasteiger partial charge in [-0.2, -0.15) is 28.5 Å². The average molecular weight is 893 g/mol. The molecule has 334 valence electrons. The van der Waals surface area contributed by atoms with Crippen molar-refractivity contribution in [1.29, 1.82) is 5.26 Å². The minimum Gasteiger partial charge on any atom is -0.497 e. The third-order valence-electron chi connectivity index (χ3n) is 10.0. The minimum absolute atomic E-state index is 0.0161. The van der Waals surface area contributed by atoms with Gasteiger partial charge in [-0.15, -0.1) is 0 Å². The summed E-state index contributed by atoms with van der Waals surface area (Å²) in [7, 11) is 5.15. The molecule has 1 saturated heterocycles. The Labute approximate surface area is 362 Å². The van der Waals surface area contributed by atoms with Crippen molar-refractivity contribution in [1.82, 2.24) is 30.0 Å². The molecule has 1 amide bonds. The number of nitrogens with zero attached hydrogens (tertiary/aromatic N) is 6. The number of aliphatic imine (C=N–C) groups is 1. The molecule has 63 heavy (non-hydrogen) atoms. The Hall–Kier alpha value is -5.90. The highest BCUT2D eigenvalue weighted by atomic mass is 31.2. The Kier molecular flexibility index (Phi) is 15.5. The first kappa shape index (κ1) is 46.6. The summed E-state index contributed by atoms with van der Waals surface area (Å²) in [6, 6.07) is 26.9.